The Morgan fingerprint density at radius 2 is 2.36 bits per heavy atom. The second kappa shape index (κ2) is 5.71. The molecule has 0 spiro atoms. The Labute approximate surface area is 93.9 Å². The maximum atomic E-state index is 11.7. The minimum Gasteiger partial charge on any atom is -0.372 e. The third kappa shape index (κ3) is 2.70. The topological polar surface area (TPSA) is 29.5 Å². The summed E-state index contributed by atoms with van der Waals surface area (Å²) in [6.07, 6.45) is 1.11. The van der Waals surface area contributed by atoms with Crippen LogP contribution in [0.5, 0.6) is 0 Å². The number of nitrogens with zero attached hydrogens (tertiary/aromatic N) is 1. The zero-order valence-electron chi connectivity index (χ0n) is 8.83. The molecule has 2 unspecified atom stereocenters. The predicted molar refractivity (Wildman–Crippen MR) is 59.6 cm³/mol. The molecule has 1 aliphatic heterocycles. The molecule has 14 heavy (non-hydrogen) atoms. The minimum atomic E-state index is 0.126. The average molecular weight is 264 g/mol. The molecular formula is C10H18BrNO2. The number of alkyl halides is 1. The molecule has 1 fully saturated rings. The van der Waals surface area contributed by atoms with Crippen LogP contribution >= 0.6 is 15.9 Å². The first kappa shape index (κ1) is 12.0. The lowest BCUT2D eigenvalue weighted by Gasteiger charge is -2.25. The van der Waals surface area contributed by atoms with Gasteiger partial charge in [-0.2, -0.15) is 0 Å². The van der Waals surface area contributed by atoms with Crippen molar-refractivity contribution in [2.45, 2.75) is 26.3 Å². The Bertz CT molecular complexity index is 199. The third-order valence-corrected chi connectivity index (χ3v) is 3.45. The van der Waals surface area contributed by atoms with Gasteiger partial charge in [0.1, 0.15) is 6.61 Å². The van der Waals surface area contributed by atoms with Crippen LogP contribution in [0.25, 0.3) is 0 Å². The number of amides is 1. The summed E-state index contributed by atoms with van der Waals surface area (Å²) in [5.41, 5.74) is 0. The Morgan fingerprint density at radius 1 is 1.64 bits per heavy atom. The summed E-state index contributed by atoms with van der Waals surface area (Å²) in [6, 6.07) is 0.350. The van der Waals surface area contributed by atoms with Gasteiger partial charge in [-0.25, -0.2) is 0 Å². The quantitative estimate of drug-likeness (QED) is 0.723. The van der Waals surface area contributed by atoms with Crippen molar-refractivity contribution in [1.29, 1.82) is 0 Å². The molecule has 4 heteroatoms. The first-order chi connectivity index (χ1) is 6.70. The molecule has 0 aromatic carbocycles. The average Bonchev–Trinajstić information content (AvgIpc) is 2.55. The predicted octanol–water partition coefficient (Wildman–Crippen LogP) is 1.65. The highest BCUT2D eigenvalue weighted by molar-refractivity contribution is 9.09. The monoisotopic (exact) mass is 263 g/mol. The van der Waals surface area contributed by atoms with E-state index in [2.05, 4.69) is 22.9 Å². The van der Waals surface area contributed by atoms with Gasteiger partial charge in [-0.05, 0) is 19.3 Å². The van der Waals surface area contributed by atoms with Crippen LogP contribution in [-0.4, -0.2) is 41.9 Å². The molecule has 0 aliphatic carbocycles. The van der Waals surface area contributed by atoms with Crippen LogP contribution in [0.3, 0.4) is 0 Å². The molecule has 0 aromatic heterocycles. The number of likely N-dealkylation sites (tertiary alicyclic amines) is 1. The van der Waals surface area contributed by atoms with Crippen LogP contribution in [0.4, 0.5) is 0 Å². The first-order valence-electron chi connectivity index (χ1n) is 5.13. The fraction of sp³-hybridized carbons (Fsp3) is 0.900. The number of rotatable bonds is 4. The summed E-state index contributed by atoms with van der Waals surface area (Å²) < 4.78 is 5.13. The van der Waals surface area contributed by atoms with Gasteiger partial charge in [0.15, 0.2) is 0 Å². The summed E-state index contributed by atoms with van der Waals surface area (Å²) in [5, 5.41) is 0.867. The van der Waals surface area contributed by atoms with Crippen LogP contribution in [0.2, 0.25) is 0 Å². The number of halogens is 1. The lowest BCUT2D eigenvalue weighted by atomic mass is 10.1. The van der Waals surface area contributed by atoms with E-state index in [1.807, 2.05) is 11.8 Å². The molecular weight excluding hydrogens is 246 g/mol. The normalized spacial score (nSPS) is 26.9. The number of carbonyl (C=O) groups excluding carboxylic acids is 1. The summed E-state index contributed by atoms with van der Waals surface area (Å²) in [5.74, 6) is 0.723. The Kier molecular flexibility index (Phi) is 4.89. The zero-order chi connectivity index (χ0) is 10.6. The van der Waals surface area contributed by atoms with Gasteiger partial charge in [-0.1, -0.05) is 22.9 Å². The molecule has 1 heterocycles. The van der Waals surface area contributed by atoms with Crippen molar-refractivity contribution in [3.8, 4) is 0 Å². The fourth-order valence-electron chi connectivity index (χ4n) is 1.83. The van der Waals surface area contributed by atoms with Crippen LogP contribution in [0.15, 0.2) is 0 Å². The molecule has 0 N–H and O–H groups in total. The lowest BCUT2D eigenvalue weighted by Crippen LogP contribution is -2.40. The highest BCUT2D eigenvalue weighted by Crippen LogP contribution is 2.25. The second-order valence-electron chi connectivity index (χ2n) is 3.71. The summed E-state index contributed by atoms with van der Waals surface area (Å²) >= 11 is 3.46. The molecule has 1 aliphatic rings. The van der Waals surface area contributed by atoms with Gasteiger partial charge < -0.3 is 9.64 Å². The fourth-order valence-corrected chi connectivity index (χ4v) is 2.81. The van der Waals surface area contributed by atoms with Gasteiger partial charge in [0.05, 0.1) is 0 Å². The molecule has 3 nitrogen and oxygen atoms in total. The standard InChI is InChI=1S/C10H18BrNO2/c1-3-14-7-10(13)12-5-4-8(2)9(12)6-11/h8-9H,3-7H2,1-2H3. The van der Waals surface area contributed by atoms with Crippen molar-refractivity contribution >= 4 is 21.8 Å². The van der Waals surface area contributed by atoms with Crippen molar-refractivity contribution in [3.63, 3.8) is 0 Å². The lowest BCUT2D eigenvalue weighted by molar-refractivity contribution is -0.136. The van der Waals surface area contributed by atoms with Crippen LogP contribution in [0, 0.1) is 5.92 Å². The van der Waals surface area contributed by atoms with Gasteiger partial charge in [0.2, 0.25) is 5.91 Å². The van der Waals surface area contributed by atoms with Crippen molar-refractivity contribution in [1.82, 2.24) is 4.90 Å². The molecule has 82 valence electrons. The number of ether oxygens (including phenoxy) is 1. The van der Waals surface area contributed by atoms with Gasteiger partial charge in [-0.3, -0.25) is 4.79 Å². The van der Waals surface area contributed by atoms with E-state index in [0.29, 0.717) is 18.6 Å². The van der Waals surface area contributed by atoms with Gasteiger partial charge in [0.25, 0.3) is 0 Å². The first-order valence-corrected chi connectivity index (χ1v) is 6.26. The molecule has 0 saturated carbocycles. The molecule has 0 radical (unpaired) electrons. The largest absolute Gasteiger partial charge is 0.372 e. The minimum absolute atomic E-state index is 0.126. The second-order valence-corrected chi connectivity index (χ2v) is 4.36. The zero-order valence-corrected chi connectivity index (χ0v) is 10.4. The van der Waals surface area contributed by atoms with Crippen molar-refractivity contribution in [2.75, 3.05) is 25.1 Å². The Balaban J connectivity index is 2.46. The summed E-state index contributed by atoms with van der Waals surface area (Å²) in [6.45, 7) is 5.81. The van der Waals surface area contributed by atoms with E-state index in [1.54, 1.807) is 0 Å². The highest BCUT2D eigenvalue weighted by Gasteiger charge is 2.33. The van der Waals surface area contributed by atoms with Crippen molar-refractivity contribution < 1.29 is 9.53 Å². The Hall–Kier alpha value is -0.0900. The molecule has 1 saturated heterocycles. The number of hydrogen-bond acceptors (Lipinski definition) is 2. The maximum Gasteiger partial charge on any atom is 0.248 e. The van der Waals surface area contributed by atoms with E-state index in [4.69, 9.17) is 4.74 Å². The summed E-state index contributed by atoms with van der Waals surface area (Å²) in [4.78, 5) is 13.6. The smallest absolute Gasteiger partial charge is 0.248 e. The molecule has 1 rings (SSSR count). The molecule has 0 bridgehead atoms. The van der Waals surface area contributed by atoms with E-state index in [9.17, 15) is 4.79 Å². The van der Waals surface area contributed by atoms with Crippen molar-refractivity contribution in [3.05, 3.63) is 0 Å². The SMILES string of the molecule is CCOCC(=O)N1CCC(C)C1CBr. The van der Waals surface area contributed by atoms with Gasteiger partial charge in [-0.15, -0.1) is 0 Å². The Morgan fingerprint density at radius 3 is 2.93 bits per heavy atom. The van der Waals surface area contributed by atoms with Gasteiger partial charge in [0, 0.05) is 24.5 Å². The highest BCUT2D eigenvalue weighted by atomic mass is 79.9. The van der Waals surface area contributed by atoms with E-state index < -0.39 is 0 Å². The van der Waals surface area contributed by atoms with Crippen LogP contribution in [-0.2, 0) is 9.53 Å². The maximum absolute atomic E-state index is 11.7. The van der Waals surface area contributed by atoms with Crippen LogP contribution < -0.4 is 0 Å². The van der Waals surface area contributed by atoms with E-state index in [-0.39, 0.29) is 12.5 Å². The van der Waals surface area contributed by atoms with Gasteiger partial charge >= 0.3 is 0 Å². The molecule has 1 amide bonds. The van der Waals surface area contributed by atoms with E-state index >= 15 is 0 Å². The van der Waals surface area contributed by atoms with Crippen LogP contribution in [0.1, 0.15) is 20.3 Å². The number of hydrogen-bond donors (Lipinski definition) is 0. The molecule has 2 atom stereocenters. The van der Waals surface area contributed by atoms with E-state index in [0.717, 1.165) is 18.3 Å². The third-order valence-electron chi connectivity index (χ3n) is 2.79. The van der Waals surface area contributed by atoms with Crippen molar-refractivity contribution in [2.24, 2.45) is 5.92 Å². The number of carbonyl (C=O) groups is 1. The molecule has 0 aromatic rings. The van der Waals surface area contributed by atoms with E-state index in [1.165, 1.54) is 0 Å². The summed E-state index contributed by atoms with van der Waals surface area (Å²) in [7, 11) is 0.